The number of carbonyl (C=O) groups is 1. The number of sulfonamides is 1. The molecule has 0 aromatic heterocycles. The molecule has 0 saturated heterocycles. The number of nitrogens with one attached hydrogen (secondary N) is 1. The van der Waals surface area contributed by atoms with E-state index in [1.807, 2.05) is 0 Å². The van der Waals surface area contributed by atoms with Crippen LogP contribution >= 0.6 is 0 Å². The van der Waals surface area contributed by atoms with Crippen molar-refractivity contribution >= 4 is 25.8 Å². The maximum Gasteiger partial charge on any atom is 0.321 e. The first-order valence-corrected chi connectivity index (χ1v) is 10.1. The second kappa shape index (κ2) is 7.06. The summed E-state index contributed by atoms with van der Waals surface area (Å²) in [5, 5.41) is 9.02. The van der Waals surface area contributed by atoms with Gasteiger partial charge < -0.3 is 5.11 Å². The Morgan fingerprint density at radius 3 is 2.00 bits per heavy atom. The van der Waals surface area contributed by atoms with E-state index in [9.17, 15) is 21.6 Å². The van der Waals surface area contributed by atoms with E-state index in [0.29, 0.717) is 0 Å². The highest BCUT2D eigenvalue weighted by atomic mass is 32.2. The van der Waals surface area contributed by atoms with Crippen LogP contribution in [0.5, 0.6) is 0 Å². The maximum atomic E-state index is 11.9. The van der Waals surface area contributed by atoms with Crippen LogP contribution in [0.1, 0.15) is 40.5 Å². The van der Waals surface area contributed by atoms with Crippen LogP contribution < -0.4 is 4.72 Å². The summed E-state index contributed by atoms with van der Waals surface area (Å²) in [5.41, 5.74) is 0. The Hall–Kier alpha value is -0.670. The summed E-state index contributed by atoms with van der Waals surface area (Å²) >= 11 is 0. The standard InChI is InChI=1S/C12H25NO6S2/c1-9(2)8-10(11(14)15)13-21(18,19)7-6-12(3,4)20(5,16)17/h9-10,13H,6-8H2,1-5H3,(H,14,15)/t10-/m1/s1. The lowest BCUT2D eigenvalue weighted by molar-refractivity contribution is -0.139. The molecule has 0 aliphatic rings. The molecule has 0 saturated carbocycles. The summed E-state index contributed by atoms with van der Waals surface area (Å²) in [6.45, 7) is 6.47. The largest absolute Gasteiger partial charge is 0.480 e. The lowest BCUT2D eigenvalue weighted by Crippen LogP contribution is -2.44. The number of aliphatic carboxylic acids is 1. The van der Waals surface area contributed by atoms with Gasteiger partial charge in [0, 0.05) is 6.26 Å². The molecule has 0 bridgehead atoms. The van der Waals surface area contributed by atoms with Gasteiger partial charge in [-0.05, 0) is 32.6 Å². The average molecular weight is 343 g/mol. The van der Waals surface area contributed by atoms with Gasteiger partial charge >= 0.3 is 5.97 Å². The van der Waals surface area contributed by atoms with Crippen molar-refractivity contribution in [3.63, 3.8) is 0 Å². The molecule has 126 valence electrons. The van der Waals surface area contributed by atoms with Crippen LogP contribution in [0.15, 0.2) is 0 Å². The molecule has 0 fully saturated rings. The fraction of sp³-hybridized carbons (Fsp3) is 0.917. The number of rotatable bonds is 9. The second-order valence-electron chi connectivity index (χ2n) is 6.24. The topological polar surface area (TPSA) is 118 Å². The van der Waals surface area contributed by atoms with Crippen LogP contribution in [0.2, 0.25) is 0 Å². The minimum Gasteiger partial charge on any atom is -0.480 e. The summed E-state index contributed by atoms with van der Waals surface area (Å²) < 4.78 is 47.9. The Kier molecular flexibility index (Phi) is 6.83. The van der Waals surface area contributed by atoms with Gasteiger partial charge in [-0.1, -0.05) is 13.8 Å². The summed E-state index contributed by atoms with van der Waals surface area (Å²) in [5.74, 6) is -1.66. The molecular weight excluding hydrogens is 318 g/mol. The van der Waals surface area contributed by atoms with Crippen molar-refractivity contribution in [3.8, 4) is 0 Å². The molecular formula is C12H25NO6S2. The highest BCUT2D eigenvalue weighted by molar-refractivity contribution is 7.92. The third kappa shape index (κ3) is 7.23. The number of carboxylic acid groups (broad SMARTS) is 1. The van der Waals surface area contributed by atoms with Gasteiger partial charge in [0.05, 0.1) is 10.5 Å². The molecule has 7 nitrogen and oxygen atoms in total. The first-order chi connectivity index (χ1) is 9.18. The van der Waals surface area contributed by atoms with E-state index in [4.69, 9.17) is 5.11 Å². The second-order valence-corrected chi connectivity index (χ2v) is 10.8. The Bertz CT molecular complexity index is 563. The van der Waals surface area contributed by atoms with E-state index in [1.54, 1.807) is 13.8 Å². The summed E-state index contributed by atoms with van der Waals surface area (Å²) in [6, 6.07) is -1.20. The zero-order chi connectivity index (χ0) is 17.1. The van der Waals surface area contributed by atoms with Gasteiger partial charge in [0.25, 0.3) is 0 Å². The Balaban J connectivity index is 4.89. The Morgan fingerprint density at radius 2 is 1.67 bits per heavy atom. The summed E-state index contributed by atoms with van der Waals surface area (Å²) in [7, 11) is -7.26. The minimum absolute atomic E-state index is 0.0151. The molecule has 0 amide bonds. The Morgan fingerprint density at radius 1 is 1.19 bits per heavy atom. The quantitative estimate of drug-likeness (QED) is 0.633. The van der Waals surface area contributed by atoms with Gasteiger partial charge in [-0.2, -0.15) is 0 Å². The van der Waals surface area contributed by atoms with Crippen molar-refractivity contribution < 1.29 is 26.7 Å². The van der Waals surface area contributed by atoms with Crippen LogP contribution in [0.3, 0.4) is 0 Å². The first kappa shape index (κ1) is 20.3. The van der Waals surface area contributed by atoms with E-state index in [0.717, 1.165) is 6.26 Å². The van der Waals surface area contributed by atoms with Crippen molar-refractivity contribution in [3.05, 3.63) is 0 Å². The van der Waals surface area contributed by atoms with Crippen LogP contribution in [0.25, 0.3) is 0 Å². The minimum atomic E-state index is -3.86. The molecule has 0 radical (unpaired) electrons. The van der Waals surface area contributed by atoms with Crippen molar-refractivity contribution in [2.24, 2.45) is 5.92 Å². The van der Waals surface area contributed by atoms with E-state index >= 15 is 0 Å². The first-order valence-electron chi connectivity index (χ1n) is 6.60. The third-order valence-electron chi connectivity index (χ3n) is 3.30. The van der Waals surface area contributed by atoms with Crippen LogP contribution in [-0.2, 0) is 24.7 Å². The SMILES string of the molecule is CC(C)C[C@@H](NS(=O)(=O)CCC(C)(C)S(C)(=O)=O)C(=O)O. The number of carboxylic acids is 1. The Labute approximate surface area is 127 Å². The molecule has 21 heavy (non-hydrogen) atoms. The smallest absolute Gasteiger partial charge is 0.321 e. The zero-order valence-electron chi connectivity index (χ0n) is 13.1. The van der Waals surface area contributed by atoms with Gasteiger partial charge in [-0.25, -0.2) is 21.6 Å². The highest BCUT2D eigenvalue weighted by Gasteiger charge is 2.33. The zero-order valence-corrected chi connectivity index (χ0v) is 14.7. The van der Waals surface area contributed by atoms with E-state index in [2.05, 4.69) is 4.72 Å². The number of hydrogen-bond donors (Lipinski definition) is 2. The highest BCUT2D eigenvalue weighted by Crippen LogP contribution is 2.20. The normalized spacial score (nSPS) is 15.1. The number of hydrogen-bond acceptors (Lipinski definition) is 5. The van der Waals surface area contributed by atoms with Crippen molar-refractivity contribution in [1.82, 2.24) is 4.72 Å². The van der Waals surface area contributed by atoms with Crippen molar-refractivity contribution in [2.75, 3.05) is 12.0 Å². The van der Waals surface area contributed by atoms with Gasteiger partial charge in [-0.3, -0.25) is 4.79 Å². The van der Waals surface area contributed by atoms with Crippen LogP contribution in [0.4, 0.5) is 0 Å². The fourth-order valence-electron chi connectivity index (χ4n) is 1.51. The molecule has 1 atom stereocenters. The van der Waals surface area contributed by atoms with Gasteiger partial charge in [-0.15, -0.1) is 0 Å². The average Bonchev–Trinajstić information content (AvgIpc) is 2.23. The maximum absolute atomic E-state index is 11.9. The van der Waals surface area contributed by atoms with E-state index in [1.165, 1.54) is 13.8 Å². The predicted octanol–water partition coefficient (Wildman–Crippen LogP) is 0.618. The van der Waals surface area contributed by atoms with Gasteiger partial charge in [0.1, 0.15) is 6.04 Å². The molecule has 0 aromatic carbocycles. The molecule has 0 unspecified atom stereocenters. The van der Waals surface area contributed by atoms with Crippen molar-refractivity contribution in [1.29, 1.82) is 0 Å². The monoisotopic (exact) mass is 343 g/mol. The molecule has 2 N–H and O–H groups in total. The summed E-state index contributed by atoms with van der Waals surface area (Å²) in [4.78, 5) is 11.1. The van der Waals surface area contributed by atoms with Crippen LogP contribution in [-0.4, -0.2) is 50.7 Å². The molecule has 0 aromatic rings. The molecule has 0 spiro atoms. The lowest BCUT2D eigenvalue weighted by Gasteiger charge is -2.23. The molecule has 0 heterocycles. The summed E-state index contributed by atoms with van der Waals surface area (Å²) in [6.07, 6.45) is 1.12. The van der Waals surface area contributed by atoms with E-state index < -0.39 is 42.4 Å². The third-order valence-corrected chi connectivity index (χ3v) is 6.90. The molecule has 9 heteroatoms. The molecule has 0 rings (SSSR count). The van der Waals surface area contributed by atoms with Crippen molar-refractivity contribution in [2.45, 2.75) is 51.3 Å². The molecule has 0 aliphatic carbocycles. The van der Waals surface area contributed by atoms with Crippen LogP contribution in [0, 0.1) is 5.92 Å². The predicted molar refractivity (Wildman–Crippen MR) is 81.3 cm³/mol. The van der Waals surface area contributed by atoms with E-state index in [-0.39, 0.29) is 18.8 Å². The molecule has 0 aliphatic heterocycles. The lowest BCUT2D eigenvalue weighted by atomic mass is 10.1. The van der Waals surface area contributed by atoms with Gasteiger partial charge in [0.2, 0.25) is 10.0 Å². The number of sulfone groups is 1. The fourth-order valence-corrected chi connectivity index (χ4v) is 3.64. The van der Waals surface area contributed by atoms with Gasteiger partial charge in [0.15, 0.2) is 9.84 Å².